The van der Waals surface area contributed by atoms with Crippen LogP contribution in [0.25, 0.3) is 0 Å². The lowest BCUT2D eigenvalue weighted by molar-refractivity contribution is -0.139. The number of nitrogens with one attached hydrogen (secondary N) is 1. The van der Waals surface area contributed by atoms with Crippen molar-refractivity contribution in [3.8, 4) is 0 Å². The summed E-state index contributed by atoms with van der Waals surface area (Å²) in [4.78, 5) is 10.3. The van der Waals surface area contributed by atoms with Gasteiger partial charge in [-0.2, -0.15) is 0 Å². The van der Waals surface area contributed by atoms with Crippen molar-refractivity contribution in [2.75, 3.05) is 6.54 Å². The highest BCUT2D eigenvalue weighted by Gasteiger charge is 2.21. The largest absolute Gasteiger partial charge is 0.481 e. The van der Waals surface area contributed by atoms with Crippen molar-refractivity contribution in [3.63, 3.8) is 0 Å². The van der Waals surface area contributed by atoms with Gasteiger partial charge in [0.25, 0.3) is 0 Å². The van der Waals surface area contributed by atoms with Gasteiger partial charge in [-0.25, -0.2) is 0 Å². The van der Waals surface area contributed by atoms with Gasteiger partial charge in [0.1, 0.15) is 0 Å². The van der Waals surface area contributed by atoms with Crippen LogP contribution in [-0.4, -0.2) is 34.9 Å². The quantitative estimate of drug-likeness (QED) is 0.618. The topological polar surface area (TPSA) is 69.6 Å². The lowest BCUT2D eigenvalue weighted by atomic mass is 9.99. The van der Waals surface area contributed by atoms with Crippen molar-refractivity contribution in [1.29, 1.82) is 0 Å². The Morgan fingerprint density at radius 3 is 2.60 bits per heavy atom. The van der Waals surface area contributed by atoms with Crippen LogP contribution in [-0.2, 0) is 4.79 Å². The van der Waals surface area contributed by atoms with Crippen molar-refractivity contribution < 1.29 is 15.0 Å². The van der Waals surface area contributed by atoms with E-state index in [4.69, 9.17) is 5.11 Å². The molecule has 0 aromatic rings. The molecule has 3 N–H and O–H groups in total. The predicted octanol–water partition coefficient (Wildman–Crippen LogP) is 0.990. The summed E-state index contributed by atoms with van der Waals surface area (Å²) < 4.78 is 0. The summed E-state index contributed by atoms with van der Waals surface area (Å²) in [6, 6.07) is 0.385. The lowest BCUT2D eigenvalue weighted by Gasteiger charge is -2.21. The molecule has 1 saturated carbocycles. The highest BCUT2D eigenvalue weighted by atomic mass is 16.4. The van der Waals surface area contributed by atoms with E-state index in [-0.39, 0.29) is 6.42 Å². The molecule has 0 aromatic heterocycles. The van der Waals surface area contributed by atoms with Gasteiger partial charge in [0, 0.05) is 12.6 Å². The van der Waals surface area contributed by atoms with Crippen LogP contribution in [0.1, 0.15) is 39.0 Å². The average Bonchev–Trinajstić information content (AvgIpc) is 2.65. The first-order valence-electron chi connectivity index (χ1n) is 5.73. The van der Waals surface area contributed by atoms with E-state index in [0.717, 1.165) is 0 Å². The fraction of sp³-hybridized carbons (Fsp3) is 0.909. The Kier molecular flexibility index (Phi) is 5.05. The number of aliphatic carboxylic acids is 1. The fourth-order valence-corrected chi connectivity index (χ4v) is 2.22. The number of carbonyl (C=O) groups is 1. The highest BCUT2D eigenvalue weighted by Crippen LogP contribution is 2.27. The molecule has 4 nitrogen and oxygen atoms in total. The number of aliphatic hydroxyl groups is 1. The molecule has 15 heavy (non-hydrogen) atoms. The van der Waals surface area contributed by atoms with E-state index in [9.17, 15) is 9.90 Å². The van der Waals surface area contributed by atoms with Crippen LogP contribution in [0.15, 0.2) is 0 Å². The standard InChI is InChI=1S/C11H21NO3/c1-8(9-4-2-3-5-9)12-7-10(13)6-11(14)15/h8-10,12-13H,2-7H2,1H3,(H,14,15). The molecule has 1 rings (SSSR count). The molecule has 0 heterocycles. The minimum atomic E-state index is -0.946. The first-order valence-corrected chi connectivity index (χ1v) is 5.73. The van der Waals surface area contributed by atoms with Crippen LogP contribution < -0.4 is 5.32 Å². The van der Waals surface area contributed by atoms with E-state index in [1.165, 1.54) is 25.7 Å². The summed E-state index contributed by atoms with van der Waals surface area (Å²) in [5.41, 5.74) is 0. The fourth-order valence-electron chi connectivity index (χ4n) is 2.22. The predicted molar refractivity (Wildman–Crippen MR) is 57.7 cm³/mol. The molecule has 0 aromatic carbocycles. The van der Waals surface area contributed by atoms with Crippen molar-refractivity contribution in [1.82, 2.24) is 5.32 Å². The summed E-state index contributed by atoms with van der Waals surface area (Å²) in [6.45, 7) is 2.49. The molecule has 1 fully saturated rings. The second-order valence-corrected chi connectivity index (χ2v) is 4.49. The summed E-state index contributed by atoms with van der Waals surface area (Å²) in [5, 5.41) is 21.1. The Morgan fingerprint density at radius 2 is 2.07 bits per heavy atom. The van der Waals surface area contributed by atoms with Crippen LogP contribution in [0.4, 0.5) is 0 Å². The van der Waals surface area contributed by atoms with Gasteiger partial charge in [-0.1, -0.05) is 12.8 Å². The van der Waals surface area contributed by atoms with Gasteiger partial charge in [0.05, 0.1) is 12.5 Å². The van der Waals surface area contributed by atoms with Crippen LogP contribution >= 0.6 is 0 Å². The Balaban J connectivity index is 2.15. The number of hydrogen-bond acceptors (Lipinski definition) is 3. The molecule has 0 aliphatic heterocycles. The van der Waals surface area contributed by atoms with Crippen LogP contribution in [0.3, 0.4) is 0 Å². The van der Waals surface area contributed by atoms with Gasteiger partial charge in [-0.15, -0.1) is 0 Å². The third-order valence-corrected chi connectivity index (χ3v) is 3.19. The normalized spacial score (nSPS) is 21.5. The van der Waals surface area contributed by atoms with E-state index in [0.29, 0.717) is 18.5 Å². The third kappa shape index (κ3) is 4.62. The Hall–Kier alpha value is -0.610. The van der Waals surface area contributed by atoms with Crippen LogP contribution in [0.2, 0.25) is 0 Å². The first kappa shape index (κ1) is 12.5. The van der Waals surface area contributed by atoms with Gasteiger partial charge in [-0.3, -0.25) is 4.79 Å². The highest BCUT2D eigenvalue weighted by molar-refractivity contribution is 5.67. The molecule has 0 saturated heterocycles. The number of hydrogen-bond donors (Lipinski definition) is 3. The number of carboxylic acid groups (broad SMARTS) is 1. The Labute approximate surface area is 90.7 Å². The van der Waals surface area contributed by atoms with E-state index < -0.39 is 12.1 Å². The molecular formula is C11H21NO3. The maximum atomic E-state index is 10.3. The molecular weight excluding hydrogens is 194 g/mol. The second-order valence-electron chi connectivity index (χ2n) is 4.49. The molecule has 1 aliphatic carbocycles. The van der Waals surface area contributed by atoms with Gasteiger partial charge in [0.15, 0.2) is 0 Å². The summed E-state index contributed by atoms with van der Waals surface area (Å²) in [6.07, 6.45) is 4.16. The maximum absolute atomic E-state index is 10.3. The molecule has 2 atom stereocenters. The van der Waals surface area contributed by atoms with Crippen molar-refractivity contribution in [2.45, 2.75) is 51.2 Å². The zero-order chi connectivity index (χ0) is 11.3. The molecule has 0 amide bonds. The first-order chi connectivity index (χ1) is 7.09. The van der Waals surface area contributed by atoms with Crippen LogP contribution in [0, 0.1) is 5.92 Å². The summed E-state index contributed by atoms with van der Waals surface area (Å²) >= 11 is 0. The zero-order valence-corrected chi connectivity index (χ0v) is 9.28. The van der Waals surface area contributed by atoms with Gasteiger partial charge >= 0.3 is 5.97 Å². The SMILES string of the molecule is CC(NCC(O)CC(=O)O)C1CCCC1. The minimum Gasteiger partial charge on any atom is -0.481 e. The second kappa shape index (κ2) is 6.08. The lowest BCUT2D eigenvalue weighted by Crippen LogP contribution is -2.38. The van der Waals surface area contributed by atoms with Crippen molar-refractivity contribution >= 4 is 5.97 Å². The number of aliphatic hydroxyl groups excluding tert-OH is 1. The number of carboxylic acids is 1. The van der Waals surface area contributed by atoms with E-state index in [2.05, 4.69) is 12.2 Å². The summed E-state index contributed by atoms with van der Waals surface area (Å²) in [7, 11) is 0. The van der Waals surface area contributed by atoms with E-state index >= 15 is 0 Å². The molecule has 1 aliphatic rings. The van der Waals surface area contributed by atoms with Crippen molar-refractivity contribution in [2.24, 2.45) is 5.92 Å². The van der Waals surface area contributed by atoms with E-state index in [1.807, 2.05) is 0 Å². The van der Waals surface area contributed by atoms with Crippen LogP contribution in [0.5, 0.6) is 0 Å². The smallest absolute Gasteiger partial charge is 0.306 e. The van der Waals surface area contributed by atoms with Gasteiger partial charge < -0.3 is 15.5 Å². The molecule has 2 unspecified atom stereocenters. The molecule has 4 heteroatoms. The number of rotatable bonds is 6. The maximum Gasteiger partial charge on any atom is 0.306 e. The average molecular weight is 215 g/mol. The Bertz CT molecular complexity index is 202. The van der Waals surface area contributed by atoms with Crippen molar-refractivity contribution in [3.05, 3.63) is 0 Å². The molecule has 0 spiro atoms. The zero-order valence-electron chi connectivity index (χ0n) is 9.28. The Morgan fingerprint density at radius 1 is 1.47 bits per heavy atom. The monoisotopic (exact) mass is 215 g/mol. The minimum absolute atomic E-state index is 0.176. The van der Waals surface area contributed by atoms with E-state index in [1.54, 1.807) is 0 Å². The molecule has 88 valence electrons. The van der Waals surface area contributed by atoms with Gasteiger partial charge in [0.2, 0.25) is 0 Å². The van der Waals surface area contributed by atoms with Gasteiger partial charge in [-0.05, 0) is 25.7 Å². The third-order valence-electron chi connectivity index (χ3n) is 3.19. The summed E-state index contributed by atoms with van der Waals surface area (Å²) in [5.74, 6) is -0.250. The molecule has 0 bridgehead atoms. The molecule has 0 radical (unpaired) electrons.